The van der Waals surface area contributed by atoms with Crippen molar-refractivity contribution in [1.82, 2.24) is 9.88 Å². The van der Waals surface area contributed by atoms with Gasteiger partial charge in [-0.25, -0.2) is 4.98 Å². The van der Waals surface area contributed by atoms with Gasteiger partial charge in [0.05, 0.1) is 6.67 Å². The fourth-order valence-corrected chi connectivity index (χ4v) is 3.27. The van der Waals surface area contributed by atoms with Crippen molar-refractivity contribution in [1.29, 1.82) is 0 Å². The van der Waals surface area contributed by atoms with Gasteiger partial charge in [-0.1, -0.05) is 11.6 Å². The molecule has 2 heterocycles. The Morgan fingerprint density at radius 2 is 1.88 bits per heavy atom. The molecule has 1 saturated heterocycles. The summed E-state index contributed by atoms with van der Waals surface area (Å²) in [6, 6.07) is 9.72. The van der Waals surface area contributed by atoms with E-state index in [4.69, 9.17) is 11.6 Å². The first-order valence-electron chi connectivity index (χ1n) is 8.09. The van der Waals surface area contributed by atoms with Gasteiger partial charge in [-0.3, -0.25) is 4.90 Å². The average molecular weight is 386 g/mol. The highest BCUT2D eigenvalue weighted by Crippen LogP contribution is 2.32. The van der Waals surface area contributed by atoms with E-state index >= 15 is 0 Å². The number of nitrogens with zero attached hydrogens (tertiary/aromatic N) is 3. The average Bonchev–Trinajstić information content (AvgIpc) is 2.81. The van der Waals surface area contributed by atoms with Gasteiger partial charge in [0.15, 0.2) is 0 Å². The highest BCUT2D eigenvalue weighted by molar-refractivity contribution is 6.29. The van der Waals surface area contributed by atoms with Crippen molar-refractivity contribution in [3.63, 3.8) is 0 Å². The SMILES string of the molecule is CC1(C)CN(c2ccc(OC(F)(F)F)cc2)CN1Cc1ccnc(Cl)c1. The van der Waals surface area contributed by atoms with Gasteiger partial charge in [-0.2, -0.15) is 0 Å². The van der Waals surface area contributed by atoms with Gasteiger partial charge in [0.25, 0.3) is 0 Å². The lowest BCUT2D eigenvalue weighted by molar-refractivity contribution is -0.274. The van der Waals surface area contributed by atoms with E-state index in [2.05, 4.69) is 33.4 Å². The van der Waals surface area contributed by atoms with Crippen molar-refractivity contribution in [2.24, 2.45) is 0 Å². The number of anilines is 1. The number of hydrogen-bond acceptors (Lipinski definition) is 4. The zero-order valence-electron chi connectivity index (χ0n) is 14.4. The standard InChI is InChI=1S/C18H19ClF3N3O/c1-17(2)11-24(12-25(17)10-13-7-8-23-16(19)9-13)14-3-5-15(6-4-14)26-18(20,21)22/h3-9H,10-12H2,1-2H3. The third-order valence-electron chi connectivity index (χ3n) is 4.38. The van der Waals surface area contributed by atoms with Crippen LogP contribution in [0.3, 0.4) is 0 Å². The van der Waals surface area contributed by atoms with E-state index < -0.39 is 6.36 Å². The Morgan fingerprint density at radius 1 is 1.19 bits per heavy atom. The minimum atomic E-state index is -4.68. The van der Waals surface area contributed by atoms with Crippen LogP contribution in [-0.2, 0) is 6.54 Å². The molecular formula is C18H19ClF3N3O. The number of ether oxygens (including phenoxy) is 1. The normalized spacial score (nSPS) is 17.5. The first-order valence-corrected chi connectivity index (χ1v) is 8.46. The second-order valence-corrected chi connectivity index (χ2v) is 7.27. The smallest absolute Gasteiger partial charge is 0.406 e. The maximum atomic E-state index is 12.3. The third-order valence-corrected chi connectivity index (χ3v) is 4.58. The van der Waals surface area contributed by atoms with Crippen molar-refractivity contribution < 1.29 is 17.9 Å². The second kappa shape index (κ2) is 6.96. The molecule has 26 heavy (non-hydrogen) atoms. The van der Waals surface area contributed by atoms with Gasteiger partial charge in [-0.15, -0.1) is 13.2 Å². The van der Waals surface area contributed by atoms with E-state index in [1.807, 2.05) is 12.1 Å². The Kier molecular flexibility index (Phi) is 5.03. The minimum absolute atomic E-state index is 0.100. The maximum Gasteiger partial charge on any atom is 0.573 e. The molecular weight excluding hydrogens is 367 g/mol. The summed E-state index contributed by atoms with van der Waals surface area (Å²) in [5, 5.41) is 0.455. The maximum absolute atomic E-state index is 12.3. The van der Waals surface area contributed by atoms with Crippen molar-refractivity contribution in [3.8, 4) is 5.75 Å². The van der Waals surface area contributed by atoms with Gasteiger partial charge < -0.3 is 9.64 Å². The topological polar surface area (TPSA) is 28.6 Å². The van der Waals surface area contributed by atoms with Gasteiger partial charge in [0.2, 0.25) is 0 Å². The van der Waals surface area contributed by atoms with Crippen molar-refractivity contribution in [2.45, 2.75) is 32.3 Å². The largest absolute Gasteiger partial charge is 0.573 e. The molecule has 0 aliphatic carbocycles. The lowest BCUT2D eigenvalue weighted by Crippen LogP contribution is -2.39. The highest BCUT2D eigenvalue weighted by atomic mass is 35.5. The van der Waals surface area contributed by atoms with Crippen LogP contribution in [0, 0.1) is 0 Å². The van der Waals surface area contributed by atoms with E-state index in [1.165, 1.54) is 12.1 Å². The van der Waals surface area contributed by atoms with Crippen molar-refractivity contribution in [3.05, 3.63) is 53.3 Å². The Morgan fingerprint density at radius 3 is 2.50 bits per heavy atom. The van der Waals surface area contributed by atoms with Crippen molar-refractivity contribution >= 4 is 17.3 Å². The molecule has 1 fully saturated rings. The van der Waals surface area contributed by atoms with Crippen molar-refractivity contribution in [2.75, 3.05) is 18.1 Å². The summed E-state index contributed by atoms with van der Waals surface area (Å²) in [5.41, 5.74) is 1.81. The molecule has 1 aromatic heterocycles. The van der Waals surface area contributed by atoms with E-state index in [-0.39, 0.29) is 11.3 Å². The highest BCUT2D eigenvalue weighted by Gasteiger charge is 2.37. The molecule has 0 saturated carbocycles. The van der Waals surface area contributed by atoms with E-state index in [0.29, 0.717) is 18.4 Å². The fourth-order valence-electron chi connectivity index (χ4n) is 3.07. The van der Waals surface area contributed by atoms with E-state index in [9.17, 15) is 13.2 Å². The molecule has 0 spiro atoms. The van der Waals surface area contributed by atoms with Crippen LogP contribution in [0.15, 0.2) is 42.6 Å². The molecule has 140 valence electrons. The fraction of sp³-hybridized carbons (Fsp3) is 0.389. The molecule has 0 amide bonds. The van der Waals surface area contributed by atoms with Crippen LogP contribution in [-0.4, -0.2) is 35.0 Å². The van der Waals surface area contributed by atoms with Gasteiger partial charge in [0, 0.05) is 30.5 Å². The number of pyridine rings is 1. The van der Waals surface area contributed by atoms with Crippen LogP contribution in [0.25, 0.3) is 0 Å². The van der Waals surface area contributed by atoms with Crippen LogP contribution >= 0.6 is 11.6 Å². The van der Waals surface area contributed by atoms with Crippen LogP contribution in [0.5, 0.6) is 5.75 Å². The first-order chi connectivity index (χ1) is 12.1. The Labute approximate surface area is 155 Å². The number of aromatic nitrogens is 1. The lowest BCUT2D eigenvalue weighted by atomic mass is 10.0. The number of hydrogen-bond donors (Lipinski definition) is 0. The van der Waals surface area contributed by atoms with E-state index in [1.54, 1.807) is 18.3 Å². The number of alkyl halides is 3. The molecule has 1 aliphatic heterocycles. The number of halogens is 4. The number of benzene rings is 1. The van der Waals surface area contributed by atoms with Crippen LogP contribution in [0.4, 0.5) is 18.9 Å². The molecule has 0 N–H and O–H groups in total. The second-order valence-electron chi connectivity index (χ2n) is 6.88. The third kappa shape index (κ3) is 4.59. The lowest BCUT2D eigenvalue weighted by Gasteiger charge is -2.29. The quantitative estimate of drug-likeness (QED) is 0.714. The molecule has 8 heteroatoms. The predicted octanol–water partition coefficient (Wildman–Crippen LogP) is 4.69. The molecule has 0 atom stereocenters. The summed E-state index contributed by atoms with van der Waals surface area (Å²) in [5.74, 6) is -0.219. The summed E-state index contributed by atoms with van der Waals surface area (Å²) in [7, 11) is 0. The summed E-state index contributed by atoms with van der Waals surface area (Å²) >= 11 is 5.95. The minimum Gasteiger partial charge on any atom is -0.406 e. The summed E-state index contributed by atoms with van der Waals surface area (Å²) in [6.45, 7) is 6.40. The molecule has 0 unspecified atom stereocenters. The number of rotatable bonds is 4. The van der Waals surface area contributed by atoms with E-state index in [0.717, 1.165) is 17.8 Å². The van der Waals surface area contributed by atoms with Gasteiger partial charge in [0.1, 0.15) is 10.9 Å². The monoisotopic (exact) mass is 385 g/mol. The Hall–Kier alpha value is -1.99. The Balaban J connectivity index is 1.70. The zero-order valence-corrected chi connectivity index (χ0v) is 15.2. The summed E-state index contributed by atoms with van der Waals surface area (Å²) in [6.07, 6.45) is -3.00. The molecule has 4 nitrogen and oxygen atoms in total. The molecule has 3 rings (SSSR count). The van der Waals surface area contributed by atoms with Crippen LogP contribution in [0.1, 0.15) is 19.4 Å². The van der Waals surface area contributed by atoms with Gasteiger partial charge in [-0.05, 0) is 55.8 Å². The molecule has 0 radical (unpaired) electrons. The van der Waals surface area contributed by atoms with Gasteiger partial charge >= 0.3 is 6.36 Å². The summed E-state index contributed by atoms with van der Waals surface area (Å²) < 4.78 is 40.8. The molecule has 2 aromatic rings. The summed E-state index contributed by atoms with van der Waals surface area (Å²) in [4.78, 5) is 8.41. The molecule has 0 bridgehead atoms. The van der Waals surface area contributed by atoms with Crippen LogP contribution in [0.2, 0.25) is 5.15 Å². The molecule has 1 aromatic carbocycles. The van der Waals surface area contributed by atoms with Crippen LogP contribution < -0.4 is 9.64 Å². The Bertz CT molecular complexity index is 765. The first kappa shape index (κ1) is 18.8. The predicted molar refractivity (Wildman–Crippen MR) is 94.2 cm³/mol. The molecule has 1 aliphatic rings. The zero-order chi connectivity index (χ0) is 18.9.